The Morgan fingerprint density at radius 3 is 2.48 bits per heavy atom. The van der Waals surface area contributed by atoms with Gasteiger partial charge in [0, 0.05) is 24.7 Å². The van der Waals surface area contributed by atoms with E-state index in [1.165, 1.54) is 6.07 Å². The van der Waals surface area contributed by atoms with E-state index in [0.29, 0.717) is 11.3 Å². The molecule has 0 spiro atoms. The highest BCUT2D eigenvalue weighted by atomic mass is 16.6. The van der Waals surface area contributed by atoms with Gasteiger partial charge >= 0.3 is 0 Å². The van der Waals surface area contributed by atoms with Crippen molar-refractivity contribution in [3.63, 3.8) is 0 Å². The molecule has 2 aromatic rings. The van der Waals surface area contributed by atoms with Gasteiger partial charge in [0.15, 0.2) is 0 Å². The zero-order valence-electron chi connectivity index (χ0n) is 14.1. The Hall–Kier alpha value is -2.89. The van der Waals surface area contributed by atoms with Crippen LogP contribution < -0.4 is 10.2 Å². The Labute approximate surface area is 146 Å². The molecule has 3 rings (SSSR count). The monoisotopic (exact) mass is 339 g/mol. The largest absolute Gasteiger partial charge is 0.366 e. The highest BCUT2D eigenvalue weighted by Gasteiger charge is 2.24. The number of rotatable bonds is 5. The minimum absolute atomic E-state index is 0.0121. The van der Waals surface area contributed by atoms with Crippen LogP contribution in [0.15, 0.2) is 48.5 Å². The molecule has 1 fully saturated rings. The summed E-state index contributed by atoms with van der Waals surface area (Å²) in [4.78, 5) is 25.5. The van der Waals surface area contributed by atoms with Crippen LogP contribution in [-0.2, 0) is 0 Å². The van der Waals surface area contributed by atoms with Crippen molar-refractivity contribution in [1.29, 1.82) is 0 Å². The Balaban J connectivity index is 1.80. The van der Waals surface area contributed by atoms with Crippen LogP contribution in [0.5, 0.6) is 0 Å². The summed E-state index contributed by atoms with van der Waals surface area (Å²) in [6, 6.07) is 14.2. The first kappa shape index (κ1) is 17.0. The number of benzene rings is 2. The van der Waals surface area contributed by atoms with Gasteiger partial charge in [0.25, 0.3) is 11.6 Å². The summed E-state index contributed by atoms with van der Waals surface area (Å²) in [6.45, 7) is 3.52. The lowest BCUT2D eigenvalue weighted by atomic mass is 10.1. The normalized spacial score (nSPS) is 15.0. The standard InChI is InChI=1S/C19H21N3O3/c1-14(15-7-3-2-4-8-15)20-19(23)16-9-10-17(18(13-16)22(24)25)21-11-5-6-12-21/h2-4,7-10,13-14H,5-6,11-12H2,1H3,(H,20,23). The van der Waals surface area contributed by atoms with Gasteiger partial charge in [-0.05, 0) is 37.5 Å². The molecule has 1 saturated heterocycles. The number of nitrogens with zero attached hydrogens (tertiary/aromatic N) is 2. The molecular weight excluding hydrogens is 318 g/mol. The SMILES string of the molecule is CC(NC(=O)c1ccc(N2CCCC2)c([N+](=O)[O-])c1)c1ccccc1. The van der Waals surface area contributed by atoms with E-state index >= 15 is 0 Å². The molecule has 1 aliphatic rings. The molecule has 1 amide bonds. The van der Waals surface area contributed by atoms with Crippen molar-refractivity contribution in [1.82, 2.24) is 5.32 Å². The summed E-state index contributed by atoms with van der Waals surface area (Å²) < 4.78 is 0. The summed E-state index contributed by atoms with van der Waals surface area (Å²) in [7, 11) is 0. The molecule has 0 saturated carbocycles. The first-order valence-electron chi connectivity index (χ1n) is 8.45. The number of hydrogen-bond acceptors (Lipinski definition) is 4. The van der Waals surface area contributed by atoms with Crippen LogP contribution in [0.4, 0.5) is 11.4 Å². The maximum atomic E-state index is 12.5. The molecule has 1 unspecified atom stereocenters. The van der Waals surface area contributed by atoms with E-state index in [9.17, 15) is 14.9 Å². The van der Waals surface area contributed by atoms with Gasteiger partial charge in [-0.15, -0.1) is 0 Å². The molecule has 0 aromatic heterocycles. The van der Waals surface area contributed by atoms with Gasteiger partial charge in [0.1, 0.15) is 5.69 Å². The third kappa shape index (κ3) is 3.79. The molecule has 6 nitrogen and oxygen atoms in total. The average Bonchev–Trinajstić information content (AvgIpc) is 3.16. The van der Waals surface area contributed by atoms with Crippen LogP contribution in [0.3, 0.4) is 0 Å². The van der Waals surface area contributed by atoms with Crippen molar-refractivity contribution in [3.05, 3.63) is 69.8 Å². The minimum Gasteiger partial charge on any atom is -0.366 e. The lowest BCUT2D eigenvalue weighted by Crippen LogP contribution is -2.27. The van der Waals surface area contributed by atoms with Crippen LogP contribution in [0.25, 0.3) is 0 Å². The second-order valence-corrected chi connectivity index (χ2v) is 6.26. The summed E-state index contributed by atoms with van der Waals surface area (Å²) >= 11 is 0. The first-order chi connectivity index (χ1) is 12.1. The Bertz CT molecular complexity index is 771. The van der Waals surface area contributed by atoms with Crippen LogP contribution in [-0.4, -0.2) is 23.9 Å². The molecule has 0 radical (unpaired) electrons. The molecule has 1 heterocycles. The fourth-order valence-corrected chi connectivity index (χ4v) is 3.14. The molecule has 1 aliphatic heterocycles. The number of hydrogen-bond donors (Lipinski definition) is 1. The third-order valence-corrected chi connectivity index (χ3v) is 4.53. The van der Waals surface area contributed by atoms with Gasteiger partial charge in [-0.3, -0.25) is 14.9 Å². The zero-order chi connectivity index (χ0) is 17.8. The topological polar surface area (TPSA) is 75.5 Å². The number of nitro groups is 1. The molecular formula is C19H21N3O3. The molecule has 2 aromatic carbocycles. The smallest absolute Gasteiger partial charge is 0.293 e. The highest BCUT2D eigenvalue weighted by Crippen LogP contribution is 2.31. The van der Waals surface area contributed by atoms with Crippen molar-refractivity contribution >= 4 is 17.3 Å². The van der Waals surface area contributed by atoms with Crippen LogP contribution in [0.2, 0.25) is 0 Å². The van der Waals surface area contributed by atoms with Crippen LogP contribution in [0.1, 0.15) is 41.7 Å². The van der Waals surface area contributed by atoms with Crippen molar-refractivity contribution in [3.8, 4) is 0 Å². The van der Waals surface area contributed by atoms with Gasteiger partial charge in [-0.25, -0.2) is 0 Å². The number of anilines is 1. The maximum Gasteiger partial charge on any atom is 0.293 e. The van der Waals surface area contributed by atoms with Crippen molar-refractivity contribution < 1.29 is 9.72 Å². The lowest BCUT2D eigenvalue weighted by molar-refractivity contribution is -0.384. The minimum atomic E-state index is -0.412. The predicted molar refractivity (Wildman–Crippen MR) is 96.9 cm³/mol. The molecule has 1 N–H and O–H groups in total. The van der Waals surface area contributed by atoms with E-state index in [-0.39, 0.29) is 17.6 Å². The molecule has 6 heteroatoms. The van der Waals surface area contributed by atoms with E-state index in [1.54, 1.807) is 12.1 Å². The van der Waals surface area contributed by atoms with Gasteiger partial charge in [0.05, 0.1) is 11.0 Å². The molecule has 25 heavy (non-hydrogen) atoms. The molecule has 0 aliphatic carbocycles. The van der Waals surface area contributed by atoms with Gasteiger partial charge in [-0.1, -0.05) is 30.3 Å². The third-order valence-electron chi connectivity index (χ3n) is 4.53. The fraction of sp³-hybridized carbons (Fsp3) is 0.316. The first-order valence-corrected chi connectivity index (χ1v) is 8.45. The fourth-order valence-electron chi connectivity index (χ4n) is 3.14. The van der Waals surface area contributed by atoms with E-state index in [1.807, 2.05) is 42.2 Å². The highest BCUT2D eigenvalue weighted by molar-refractivity contribution is 5.96. The number of carbonyl (C=O) groups excluding carboxylic acids is 1. The van der Waals surface area contributed by atoms with Gasteiger partial charge in [0.2, 0.25) is 0 Å². The number of carbonyl (C=O) groups is 1. The van der Waals surface area contributed by atoms with E-state index < -0.39 is 4.92 Å². The predicted octanol–water partition coefficient (Wildman–Crippen LogP) is 3.69. The summed E-state index contributed by atoms with van der Waals surface area (Å²) in [6.07, 6.45) is 2.07. The summed E-state index contributed by atoms with van der Waals surface area (Å²) in [5.41, 5.74) is 1.87. The summed E-state index contributed by atoms with van der Waals surface area (Å²) in [5.74, 6) is -0.313. The van der Waals surface area contributed by atoms with Crippen LogP contribution >= 0.6 is 0 Å². The Morgan fingerprint density at radius 2 is 1.84 bits per heavy atom. The van der Waals surface area contributed by atoms with Crippen molar-refractivity contribution in [2.24, 2.45) is 0 Å². The Kier molecular flexibility index (Phi) is 4.97. The van der Waals surface area contributed by atoms with Gasteiger partial charge in [-0.2, -0.15) is 0 Å². The summed E-state index contributed by atoms with van der Waals surface area (Å²) in [5, 5.41) is 14.3. The average molecular weight is 339 g/mol. The van der Waals surface area contributed by atoms with Crippen LogP contribution in [0, 0.1) is 10.1 Å². The van der Waals surface area contributed by atoms with Crippen molar-refractivity contribution in [2.45, 2.75) is 25.8 Å². The quantitative estimate of drug-likeness (QED) is 0.666. The second kappa shape index (κ2) is 7.34. The maximum absolute atomic E-state index is 12.5. The molecule has 1 atom stereocenters. The second-order valence-electron chi connectivity index (χ2n) is 6.26. The van der Waals surface area contributed by atoms with E-state index in [4.69, 9.17) is 0 Å². The number of nitro benzene ring substituents is 1. The number of amides is 1. The lowest BCUT2D eigenvalue weighted by Gasteiger charge is -2.18. The number of nitrogens with one attached hydrogen (secondary N) is 1. The molecule has 0 bridgehead atoms. The van der Waals surface area contributed by atoms with Gasteiger partial charge < -0.3 is 10.2 Å². The van der Waals surface area contributed by atoms with Crippen molar-refractivity contribution in [2.75, 3.05) is 18.0 Å². The van der Waals surface area contributed by atoms with E-state index in [2.05, 4.69) is 5.32 Å². The Morgan fingerprint density at radius 1 is 1.16 bits per heavy atom. The molecule has 130 valence electrons. The van der Waals surface area contributed by atoms with E-state index in [0.717, 1.165) is 31.5 Å². The zero-order valence-corrected chi connectivity index (χ0v) is 14.1.